The van der Waals surface area contributed by atoms with Crippen LogP contribution in [-0.2, 0) is 25.8 Å². The highest BCUT2D eigenvalue weighted by Crippen LogP contribution is 2.24. The summed E-state index contributed by atoms with van der Waals surface area (Å²) < 4.78 is 28.3. The number of hydrogen-bond acceptors (Lipinski definition) is 4. The Hall–Kier alpha value is -1.40. The second kappa shape index (κ2) is 7.45. The standard InChI is InChI=1S/C17H25NO4S/c1-13-5-4-6-14(9-13)10-15-11-18(8-7-16(15)22-2)17(19)12-23(3,20)21/h4-6,9,15-16H,7-8,10-12H2,1-3H3/t15-,16+/m1/s1. The number of carbonyl (C=O) groups is 1. The minimum absolute atomic E-state index is 0.0952. The van der Waals surface area contributed by atoms with Gasteiger partial charge in [0.1, 0.15) is 5.75 Å². The van der Waals surface area contributed by atoms with E-state index in [-0.39, 0.29) is 17.9 Å². The topological polar surface area (TPSA) is 63.7 Å². The van der Waals surface area contributed by atoms with E-state index in [1.807, 2.05) is 6.07 Å². The Bertz CT molecular complexity index is 656. The Morgan fingerprint density at radius 2 is 2.13 bits per heavy atom. The molecule has 0 N–H and O–H groups in total. The fourth-order valence-corrected chi connectivity index (χ4v) is 3.83. The predicted molar refractivity (Wildman–Crippen MR) is 90.1 cm³/mol. The largest absolute Gasteiger partial charge is 0.381 e. The first-order valence-corrected chi connectivity index (χ1v) is 9.88. The average Bonchev–Trinajstić information content (AvgIpc) is 2.45. The molecule has 1 amide bonds. The molecule has 2 atom stereocenters. The molecule has 1 aliphatic rings. The van der Waals surface area contributed by atoms with Crippen LogP contribution in [0.2, 0.25) is 0 Å². The molecule has 1 aliphatic heterocycles. The van der Waals surface area contributed by atoms with Crippen molar-refractivity contribution in [1.82, 2.24) is 4.90 Å². The van der Waals surface area contributed by atoms with E-state index < -0.39 is 15.6 Å². The van der Waals surface area contributed by atoms with Crippen molar-refractivity contribution < 1.29 is 17.9 Å². The third-order valence-electron chi connectivity index (χ3n) is 4.29. The van der Waals surface area contributed by atoms with E-state index in [0.717, 1.165) is 19.1 Å². The fourth-order valence-electron chi connectivity index (χ4n) is 3.20. The summed E-state index contributed by atoms with van der Waals surface area (Å²) in [6, 6.07) is 8.31. The third kappa shape index (κ3) is 5.32. The van der Waals surface area contributed by atoms with Crippen LogP contribution < -0.4 is 0 Å². The summed E-state index contributed by atoms with van der Waals surface area (Å²) in [6.45, 7) is 3.15. The molecule has 0 aromatic heterocycles. The molecule has 23 heavy (non-hydrogen) atoms. The van der Waals surface area contributed by atoms with Gasteiger partial charge < -0.3 is 9.64 Å². The molecular formula is C17H25NO4S. The lowest BCUT2D eigenvalue weighted by Crippen LogP contribution is -2.48. The minimum Gasteiger partial charge on any atom is -0.381 e. The molecule has 128 valence electrons. The van der Waals surface area contributed by atoms with E-state index in [9.17, 15) is 13.2 Å². The van der Waals surface area contributed by atoms with Crippen LogP contribution in [0.25, 0.3) is 0 Å². The van der Waals surface area contributed by atoms with Crippen LogP contribution in [0.5, 0.6) is 0 Å². The number of likely N-dealkylation sites (tertiary alicyclic amines) is 1. The number of hydrogen-bond donors (Lipinski definition) is 0. The molecule has 0 spiro atoms. The quantitative estimate of drug-likeness (QED) is 0.814. The molecule has 0 unspecified atom stereocenters. The van der Waals surface area contributed by atoms with E-state index in [0.29, 0.717) is 13.1 Å². The molecule has 1 saturated heterocycles. The highest BCUT2D eigenvalue weighted by Gasteiger charge is 2.32. The normalized spacial score (nSPS) is 22.1. The van der Waals surface area contributed by atoms with Gasteiger partial charge in [0.2, 0.25) is 5.91 Å². The van der Waals surface area contributed by atoms with Gasteiger partial charge in [0.25, 0.3) is 0 Å². The fraction of sp³-hybridized carbons (Fsp3) is 0.588. The second-order valence-electron chi connectivity index (χ2n) is 6.43. The SMILES string of the molecule is CO[C@H]1CCN(C(=O)CS(C)(=O)=O)C[C@H]1Cc1cccc(C)c1. The first kappa shape index (κ1) is 17.9. The van der Waals surface area contributed by atoms with Crippen molar-refractivity contribution in [2.24, 2.45) is 5.92 Å². The maximum absolute atomic E-state index is 12.2. The van der Waals surface area contributed by atoms with Crippen LogP contribution in [0.3, 0.4) is 0 Å². The van der Waals surface area contributed by atoms with Crippen LogP contribution >= 0.6 is 0 Å². The van der Waals surface area contributed by atoms with Gasteiger partial charge in [0, 0.05) is 32.4 Å². The van der Waals surface area contributed by atoms with Crippen LogP contribution in [0, 0.1) is 12.8 Å². The van der Waals surface area contributed by atoms with Gasteiger partial charge in [-0.1, -0.05) is 29.8 Å². The maximum atomic E-state index is 12.2. The molecule has 1 heterocycles. The number of methoxy groups -OCH3 is 1. The smallest absolute Gasteiger partial charge is 0.237 e. The molecule has 0 aliphatic carbocycles. The van der Waals surface area contributed by atoms with Crippen molar-refractivity contribution >= 4 is 15.7 Å². The molecule has 0 bridgehead atoms. The van der Waals surface area contributed by atoms with Crippen molar-refractivity contribution in [2.45, 2.75) is 25.9 Å². The van der Waals surface area contributed by atoms with Crippen molar-refractivity contribution in [3.63, 3.8) is 0 Å². The van der Waals surface area contributed by atoms with Gasteiger partial charge in [-0.3, -0.25) is 4.79 Å². The summed E-state index contributed by atoms with van der Waals surface area (Å²) in [5.41, 5.74) is 2.42. The summed E-state index contributed by atoms with van der Waals surface area (Å²) in [4.78, 5) is 13.8. The van der Waals surface area contributed by atoms with E-state index >= 15 is 0 Å². The van der Waals surface area contributed by atoms with Crippen LogP contribution in [0.1, 0.15) is 17.5 Å². The van der Waals surface area contributed by atoms with Gasteiger partial charge in [-0.05, 0) is 25.3 Å². The van der Waals surface area contributed by atoms with Crippen LogP contribution in [0.15, 0.2) is 24.3 Å². The molecule has 1 aromatic carbocycles. The Kier molecular flexibility index (Phi) is 5.81. The third-order valence-corrected chi connectivity index (χ3v) is 5.06. The van der Waals surface area contributed by atoms with Crippen molar-refractivity contribution in [3.8, 4) is 0 Å². The molecule has 5 nitrogen and oxygen atoms in total. The number of aryl methyl sites for hydroxylation is 1. The second-order valence-corrected chi connectivity index (χ2v) is 8.57. The van der Waals surface area contributed by atoms with Crippen molar-refractivity contribution in [3.05, 3.63) is 35.4 Å². The summed E-state index contributed by atoms with van der Waals surface area (Å²) in [5.74, 6) is -0.544. The molecule has 1 fully saturated rings. The minimum atomic E-state index is -3.30. The van der Waals surface area contributed by atoms with Gasteiger partial charge in [-0.25, -0.2) is 8.42 Å². The van der Waals surface area contributed by atoms with Crippen LogP contribution in [0.4, 0.5) is 0 Å². The lowest BCUT2D eigenvalue weighted by Gasteiger charge is -2.38. The highest BCUT2D eigenvalue weighted by atomic mass is 32.2. The van der Waals surface area contributed by atoms with E-state index in [1.165, 1.54) is 11.1 Å². The lowest BCUT2D eigenvalue weighted by molar-refractivity contribution is -0.132. The molecule has 2 rings (SSSR count). The van der Waals surface area contributed by atoms with Gasteiger partial charge in [0.15, 0.2) is 9.84 Å². The van der Waals surface area contributed by atoms with Gasteiger partial charge in [0.05, 0.1) is 6.10 Å². The predicted octanol–water partition coefficient (Wildman–Crippen LogP) is 1.45. The first-order chi connectivity index (χ1) is 10.8. The van der Waals surface area contributed by atoms with Crippen molar-refractivity contribution in [1.29, 1.82) is 0 Å². The van der Waals surface area contributed by atoms with E-state index in [1.54, 1.807) is 12.0 Å². The summed E-state index contributed by atoms with van der Waals surface area (Å²) >= 11 is 0. The zero-order valence-corrected chi connectivity index (χ0v) is 14.8. The monoisotopic (exact) mass is 339 g/mol. The lowest BCUT2D eigenvalue weighted by atomic mass is 9.88. The molecule has 0 radical (unpaired) electrons. The van der Waals surface area contributed by atoms with Crippen molar-refractivity contribution in [2.75, 3.05) is 32.2 Å². The Morgan fingerprint density at radius 1 is 1.39 bits per heavy atom. The zero-order chi connectivity index (χ0) is 17.0. The summed E-state index contributed by atoms with van der Waals surface area (Å²) in [6.07, 6.45) is 2.75. The number of piperidine rings is 1. The summed E-state index contributed by atoms with van der Waals surface area (Å²) in [7, 11) is -1.60. The Labute approximate surface area is 138 Å². The number of rotatable bonds is 5. The number of sulfone groups is 1. The Morgan fingerprint density at radius 3 is 2.74 bits per heavy atom. The Balaban J connectivity index is 2.07. The average molecular weight is 339 g/mol. The van der Waals surface area contributed by atoms with E-state index in [2.05, 4.69) is 25.1 Å². The molecular weight excluding hydrogens is 314 g/mol. The van der Waals surface area contributed by atoms with Crippen LogP contribution in [-0.4, -0.2) is 57.5 Å². The highest BCUT2D eigenvalue weighted by molar-refractivity contribution is 7.91. The van der Waals surface area contributed by atoms with Gasteiger partial charge in [-0.2, -0.15) is 0 Å². The molecule has 6 heteroatoms. The maximum Gasteiger partial charge on any atom is 0.237 e. The van der Waals surface area contributed by atoms with Gasteiger partial charge >= 0.3 is 0 Å². The first-order valence-electron chi connectivity index (χ1n) is 7.82. The number of benzene rings is 1. The zero-order valence-electron chi connectivity index (χ0n) is 14.0. The molecule has 1 aromatic rings. The summed E-state index contributed by atoms with van der Waals surface area (Å²) in [5, 5.41) is 0. The molecule has 0 saturated carbocycles. The van der Waals surface area contributed by atoms with Gasteiger partial charge in [-0.15, -0.1) is 0 Å². The number of carbonyl (C=O) groups excluding carboxylic acids is 1. The number of ether oxygens (including phenoxy) is 1. The van der Waals surface area contributed by atoms with E-state index in [4.69, 9.17) is 4.74 Å². The number of amides is 1. The number of nitrogens with zero attached hydrogens (tertiary/aromatic N) is 1.